The molecule has 1 aliphatic heterocycles. The Balaban J connectivity index is 1.79. The van der Waals surface area contributed by atoms with E-state index in [1.165, 1.54) is 11.9 Å². The molecule has 5 heteroatoms. The Labute approximate surface area is 124 Å². The third-order valence-electron chi connectivity index (χ3n) is 3.87. The first kappa shape index (κ1) is 13.7. The number of nitrogens with zero attached hydrogens (tertiary/aromatic N) is 3. The summed E-state index contributed by atoms with van der Waals surface area (Å²) >= 11 is 0. The van der Waals surface area contributed by atoms with Crippen molar-refractivity contribution < 1.29 is 4.74 Å². The molecule has 1 fully saturated rings. The van der Waals surface area contributed by atoms with Crippen molar-refractivity contribution in [2.24, 2.45) is 0 Å². The minimum atomic E-state index is 0.477. The summed E-state index contributed by atoms with van der Waals surface area (Å²) in [5.41, 5.74) is 8.05. The minimum Gasteiger partial charge on any atom is -0.476 e. The highest BCUT2D eigenvalue weighted by atomic mass is 16.5. The van der Waals surface area contributed by atoms with Crippen LogP contribution in [0.5, 0.6) is 5.88 Å². The molecule has 5 nitrogen and oxygen atoms in total. The van der Waals surface area contributed by atoms with Crippen molar-refractivity contribution in [2.45, 2.75) is 19.3 Å². The zero-order valence-electron chi connectivity index (χ0n) is 12.2. The average Bonchev–Trinajstić information content (AvgIpc) is 3.00. The number of nitrogens with two attached hydrogens (primary N) is 1. The van der Waals surface area contributed by atoms with Crippen molar-refractivity contribution in [3.63, 3.8) is 0 Å². The zero-order valence-corrected chi connectivity index (χ0v) is 12.2. The van der Waals surface area contributed by atoms with Crippen LogP contribution >= 0.6 is 0 Å². The molecule has 1 aliphatic rings. The van der Waals surface area contributed by atoms with Gasteiger partial charge in [0.25, 0.3) is 0 Å². The van der Waals surface area contributed by atoms with Crippen LogP contribution in [0.2, 0.25) is 0 Å². The van der Waals surface area contributed by atoms with Gasteiger partial charge in [0, 0.05) is 19.0 Å². The molecular formula is C16H20N4O. The van der Waals surface area contributed by atoms with E-state index in [0.717, 1.165) is 25.3 Å². The first-order valence-corrected chi connectivity index (χ1v) is 7.32. The van der Waals surface area contributed by atoms with E-state index in [1.54, 1.807) is 0 Å². The Hall–Kier alpha value is -2.30. The van der Waals surface area contributed by atoms with Gasteiger partial charge < -0.3 is 15.4 Å². The lowest BCUT2D eigenvalue weighted by molar-refractivity contribution is 0.328. The van der Waals surface area contributed by atoms with Crippen LogP contribution in [-0.4, -0.2) is 29.7 Å². The smallest absolute Gasteiger partial charge is 0.242 e. The van der Waals surface area contributed by atoms with E-state index >= 15 is 0 Å². The van der Waals surface area contributed by atoms with Gasteiger partial charge in [-0.3, -0.25) is 0 Å². The number of hydrogen-bond acceptors (Lipinski definition) is 5. The maximum atomic E-state index is 6.14. The highest BCUT2D eigenvalue weighted by Gasteiger charge is 2.27. The molecule has 0 radical (unpaired) electrons. The Morgan fingerprint density at radius 1 is 1.29 bits per heavy atom. The second-order valence-corrected chi connectivity index (χ2v) is 5.19. The van der Waals surface area contributed by atoms with E-state index in [9.17, 15) is 0 Å². The van der Waals surface area contributed by atoms with Crippen LogP contribution in [0, 0.1) is 0 Å². The van der Waals surface area contributed by atoms with Gasteiger partial charge >= 0.3 is 0 Å². The van der Waals surface area contributed by atoms with Crippen LogP contribution in [0.15, 0.2) is 36.7 Å². The molecule has 0 bridgehead atoms. The van der Waals surface area contributed by atoms with Gasteiger partial charge in [-0.15, -0.1) is 0 Å². The molecule has 3 rings (SSSR count). The lowest BCUT2D eigenvalue weighted by Crippen LogP contribution is -2.22. The molecule has 110 valence electrons. The number of aromatic nitrogens is 2. The van der Waals surface area contributed by atoms with Crippen LogP contribution in [-0.2, 0) is 0 Å². The standard InChI is InChI=1S/C16H20N4O/c1-2-21-16-14(17)15(18-11-19-16)20-9-8-13(10-20)12-6-4-3-5-7-12/h3-7,11,13H,2,8-10,17H2,1H3. The van der Waals surface area contributed by atoms with Gasteiger partial charge in [-0.25, -0.2) is 4.98 Å². The molecule has 2 aromatic rings. The number of hydrogen-bond donors (Lipinski definition) is 1. The summed E-state index contributed by atoms with van der Waals surface area (Å²) in [5, 5.41) is 0. The summed E-state index contributed by atoms with van der Waals surface area (Å²) in [5.74, 6) is 1.79. The maximum Gasteiger partial charge on any atom is 0.242 e. The lowest BCUT2D eigenvalue weighted by Gasteiger charge is -2.20. The molecule has 0 saturated carbocycles. The van der Waals surface area contributed by atoms with Crippen LogP contribution in [0.25, 0.3) is 0 Å². The SMILES string of the molecule is CCOc1ncnc(N2CCC(c3ccccc3)C2)c1N. The van der Waals surface area contributed by atoms with Crippen LogP contribution in [0.3, 0.4) is 0 Å². The molecule has 1 saturated heterocycles. The fourth-order valence-corrected chi connectivity index (χ4v) is 2.82. The van der Waals surface area contributed by atoms with Crippen molar-refractivity contribution in [1.82, 2.24) is 9.97 Å². The third kappa shape index (κ3) is 2.77. The Bertz CT molecular complexity index is 602. The molecule has 21 heavy (non-hydrogen) atoms. The second-order valence-electron chi connectivity index (χ2n) is 5.19. The zero-order chi connectivity index (χ0) is 14.7. The number of benzene rings is 1. The van der Waals surface area contributed by atoms with Gasteiger partial charge in [-0.05, 0) is 18.9 Å². The normalized spacial score (nSPS) is 18.0. The Morgan fingerprint density at radius 2 is 2.10 bits per heavy atom. The largest absolute Gasteiger partial charge is 0.476 e. The van der Waals surface area contributed by atoms with E-state index in [0.29, 0.717) is 24.1 Å². The number of anilines is 2. The first-order valence-electron chi connectivity index (χ1n) is 7.32. The van der Waals surface area contributed by atoms with Crippen molar-refractivity contribution in [2.75, 3.05) is 30.3 Å². The van der Waals surface area contributed by atoms with Gasteiger partial charge in [-0.1, -0.05) is 30.3 Å². The molecule has 2 heterocycles. The van der Waals surface area contributed by atoms with Gasteiger partial charge in [-0.2, -0.15) is 4.98 Å². The molecule has 1 atom stereocenters. The number of nitrogen functional groups attached to an aromatic ring is 1. The van der Waals surface area contributed by atoms with Crippen LogP contribution in [0.1, 0.15) is 24.8 Å². The molecule has 1 unspecified atom stereocenters. The molecule has 2 N–H and O–H groups in total. The summed E-state index contributed by atoms with van der Waals surface area (Å²) < 4.78 is 5.45. The highest BCUT2D eigenvalue weighted by molar-refractivity contribution is 5.68. The third-order valence-corrected chi connectivity index (χ3v) is 3.87. The average molecular weight is 284 g/mol. The fraction of sp³-hybridized carbons (Fsp3) is 0.375. The summed E-state index contributed by atoms with van der Waals surface area (Å²) in [6.45, 7) is 4.35. The topological polar surface area (TPSA) is 64.3 Å². The first-order chi connectivity index (χ1) is 10.3. The van der Waals surface area contributed by atoms with Crippen molar-refractivity contribution >= 4 is 11.5 Å². The molecule has 1 aromatic heterocycles. The minimum absolute atomic E-state index is 0.477. The van der Waals surface area contributed by atoms with E-state index < -0.39 is 0 Å². The lowest BCUT2D eigenvalue weighted by atomic mass is 9.99. The van der Waals surface area contributed by atoms with Crippen LogP contribution in [0.4, 0.5) is 11.5 Å². The van der Waals surface area contributed by atoms with E-state index in [1.807, 2.05) is 13.0 Å². The summed E-state index contributed by atoms with van der Waals surface area (Å²) in [6, 6.07) is 10.6. The summed E-state index contributed by atoms with van der Waals surface area (Å²) in [7, 11) is 0. The number of rotatable bonds is 4. The van der Waals surface area contributed by atoms with E-state index in [4.69, 9.17) is 10.5 Å². The van der Waals surface area contributed by atoms with E-state index in [-0.39, 0.29) is 0 Å². The molecule has 1 aromatic carbocycles. The fourth-order valence-electron chi connectivity index (χ4n) is 2.82. The summed E-state index contributed by atoms with van der Waals surface area (Å²) in [6.07, 6.45) is 2.63. The summed E-state index contributed by atoms with van der Waals surface area (Å²) in [4.78, 5) is 10.7. The van der Waals surface area contributed by atoms with E-state index in [2.05, 4.69) is 39.1 Å². The second kappa shape index (κ2) is 5.99. The highest BCUT2D eigenvalue weighted by Crippen LogP contribution is 2.34. The molecular weight excluding hydrogens is 264 g/mol. The monoisotopic (exact) mass is 284 g/mol. The number of ether oxygens (including phenoxy) is 1. The van der Waals surface area contributed by atoms with Crippen molar-refractivity contribution in [3.05, 3.63) is 42.2 Å². The van der Waals surface area contributed by atoms with Gasteiger partial charge in [0.2, 0.25) is 5.88 Å². The van der Waals surface area contributed by atoms with Gasteiger partial charge in [0.1, 0.15) is 12.0 Å². The van der Waals surface area contributed by atoms with Crippen molar-refractivity contribution in [3.8, 4) is 5.88 Å². The maximum absolute atomic E-state index is 6.14. The predicted molar refractivity (Wildman–Crippen MR) is 83.6 cm³/mol. The molecule has 0 spiro atoms. The Morgan fingerprint density at radius 3 is 2.86 bits per heavy atom. The molecule has 0 amide bonds. The Kier molecular flexibility index (Phi) is 3.90. The molecule has 0 aliphatic carbocycles. The predicted octanol–water partition coefficient (Wildman–Crippen LogP) is 2.45. The van der Waals surface area contributed by atoms with Gasteiger partial charge in [0.15, 0.2) is 5.82 Å². The van der Waals surface area contributed by atoms with Gasteiger partial charge in [0.05, 0.1) is 6.61 Å². The quantitative estimate of drug-likeness (QED) is 0.934. The van der Waals surface area contributed by atoms with Crippen molar-refractivity contribution in [1.29, 1.82) is 0 Å². The van der Waals surface area contributed by atoms with Crippen LogP contribution < -0.4 is 15.4 Å².